The van der Waals surface area contributed by atoms with Gasteiger partial charge in [0.05, 0.1) is 18.3 Å². The third-order valence-corrected chi connectivity index (χ3v) is 3.66. The van der Waals surface area contributed by atoms with Crippen molar-refractivity contribution in [2.75, 3.05) is 25.2 Å². The van der Waals surface area contributed by atoms with Gasteiger partial charge in [0.2, 0.25) is 0 Å². The second-order valence-electron chi connectivity index (χ2n) is 3.87. The lowest BCUT2D eigenvalue weighted by molar-refractivity contribution is 0.193. The van der Waals surface area contributed by atoms with Crippen LogP contribution in [0.2, 0.25) is 0 Å². The lowest BCUT2D eigenvalue weighted by Crippen LogP contribution is -2.32. The van der Waals surface area contributed by atoms with Crippen LogP contribution in [0.4, 0.5) is 5.82 Å². The summed E-state index contributed by atoms with van der Waals surface area (Å²) < 4.78 is 6.43. The lowest BCUT2D eigenvalue weighted by atomic mass is 10.2. The summed E-state index contributed by atoms with van der Waals surface area (Å²) in [5, 5.41) is 0. The van der Waals surface area contributed by atoms with Crippen LogP contribution in [0.5, 0.6) is 0 Å². The van der Waals surface area contributed by atoms with Gasteiger partial charge in [0.15, 0.2) is 0 Å². The van der Waals surface area contributed by atoms with E-state index >= 15 is 0 Å². The Hall–Kier alpha value is -0.610. The second kappa shape index (κ2) is 4.49. The van der Waals surface area contributed by atoms with Crippen molar-refractivity contribution in [2.24, 2.45) is 0 Å². The smallest absolute Gasteiger partial charge is 0.128 e. The van der Waals surface area contributed by atoms with Gasteiger partial charge in [-0.25, -0.2) is 4.98 Å². The Balaban J connectivity index is 2.17. The number of aryl methyl sites for hydroxylation is 1. The highest BCUT2D eigenvalue weighted by molar-refractivity contribution is 9.10. The average Bonchev–Trinajstić information content (AvgIpc) is 2.74. The van der Waals surface area contributed by atoms with Crippen LogP contribution in [0.3, 0.4) is 0 Å². The molecule has 0 radical (unpaired) electrons. The van der Waals surface area contributed by atoms with Gasteiger partial charge in [0.25, 0.3) is 0 Å². The van der Waals surface area contributed by atoms with Gasteiger partial charge in [-0.05, 0) is 41.4 Å². The predicted molar refractivity (Wildman–Crippen MR) is 64.3 cm³/mol. The number of likely N-dealkylation sites (N-methyl/N-ethyl adjacent to an activating group) is 1. The Morgan fingerprint density at radius 1 is 1.53 bits per heavy atom. The molecule has 0 N–H and O–H groups in total. The lowest BCUT2D eigenvalue weighted by Gasteiger charge is -2.24. The molecule has 0 spiro atoms. The topological polar surface area (TPSA) is 25.4 Å². The molecule has 1 fully saturated rings. The van der Waals surface area contributed by atoms with E-state index in [0.29, 0.717) is 6.04 Å². The Morgan fingerprint density at radius 2 is 2.33 bits per heavy atom. The highest BCUT2D eigenvalue weighted by Gasteiger charge is 2.21. The van der Waals surface area contributed by atoms with E-state index in [1.807, 2.05) is 19.1 Å². The molecule has 1 aromatic heterocycles. The van der Waals surface area contributed by atoms with Crippen LogP contribution in [-0.4, -0.2) is 31.3 Å². The van der Waals surface area contributed by atoms with Crippen LogP contribution in [-0.2, 0) is 4.74 Å². The molecular formula is C11H15BrN2O. The molecule has 3 nitrogen and oxygen atoms in total. The fourth-order valence-corrected chi connectivity index (χ4v) is 1.96. The van der Waals surface area contributed by atoms with Gasteiger partial charge < -0.3 is 9.64 Å². The van der Waals surface area contributed by atoms with E-state index in [0.717, 1.165) is 35.6 Å². The molecule has 1 aliphatic rings. The highest BCUT2D eigenvalue weighted by Crippen LogP contribution is 2.21. The van der Waals surface area contributed by atoms with Gasteiger partial charge in [-0.1, -0.05) is 0 Å². The maximum Gasteiger partial charge on any atom is 0.128 e. The van der Waals surface area contributed by atoms with E-state index in [-0.39, 0.29) is 0 Å². The van der Waals surface area contributed by atoms with Crippen molar-refractivity contribution >= 4 is 21.7 Å². The number of rotatable bonds is 2. The van der Waals surface area contributed by atoms with Gasteiger partial charge >= 0.3 is 0 Å². The molecule has 4 heteroatoms. The third-order valence-electron chi connectivity index (χ3n) is 2.82. The minimum Gasteiger partial charge on any atom is -0.379 e. The van der Waals surface area contributed by atoms with Crippen molar-refractivity contribution in [3.8, 4) is 0 Å². The minimum absolute atomic E-state index is 0.470. The molecule has 0 amide bonds. The quantitative estimate of drug-likeness (QED) is 0.825. The zero-order chi connectivity index (χ0) is 10.8. The van der Waals surface area contributed by atoms with Crippen LogP contribution in [0.25, 0.3) is 0 Å². The molecule has 1 aromatic rings. The van der Waals surface area contributed by atoms with Crippen molar-refractivity contribution in [1.29, 1.82) is 0 Å². The summed E-state index contributed by atoms with van der Waals surface area (Å²) in [5.41, 5.74) is 1.03. The predicted octanol–water partition coefficient (Wildman–Crippen LogP) is 2.38. The van der Waals surface area contributed by atoms with Crippen molar-refractivity contribution in [3.05, 3.63) is 22.3 Å². The number of aromatic nitrogens is 1. The first kappa shape index (κ1) is 10.9. The molecule has 15 heavy (non-hydrogen) atoms. The summed E-state index contributed by atoms with van der Waals surface area (Å²) in [5.74, 6) is 1.02. The van der Waals surface area contributed by atoms with E-state index < -0.39 is 0 Å². The molecule has 1 saturated heterocycles. The summed E-state index contributed by atoms with van der Waals surface area (Å²) in [4.78, 5) is 6.74. The van der Waals surface area contributed by atoms with Gasteiger partial charge in [0, 0.05) is 18.1 Å². The highest BCUT2D eigenvalue weighted by atomic mass is 79.9. The third kappa shape index (κ3) is 2.32. The van der Waals surface area contributed by atoms with Crippen LogP contribution in [0, 0.1) is 6.92 Å². The summed E-state index contributed by atoms with van der Waals surface area (Å²) in [6.07, 6.45) is 1.09. The Labute approximate surface area is 98.6 Å². The number of anilines is 1. The van der Waals surface area contributed by atoms with Crippen molar-refractivity contribution in [2.45, 2.75) is 19.4 Å². The number of hydrogen-bond acceptors (Lipinski definition) is 3. The molecule has 1 unspecified atom stereocenters. The maximum absolute atomic E-state index is 5.37. The standard InChI is InChI=1S/C11H15BrN2O/c1-8-10(12)3-4-11(13-8)14(2)9-5-6-15-7-9/h3-4,9H,5-7H2,1-2H3. The molecule has 0 bridgehead atoms. The summed E-state index contributed by atoms with van der Waals surface area (Å²) in [6, 6.07) is 4.55. The molecule has 2 heterocycles. The SMILES string of the molecule is Cc1nc(N(C)C2CCOC2)ccc1Br. The fraction of sp³-hybridized carbons (Fsp3) is 0.545. The van der Waals surface area contributed by atoms with Gasteiger partial charge in [0.1, 0.15) is 5.82 Å². The van der Waals surface area contributed by atoms with E-state index in [4.69, 9.17) is 4.74 Å². The van der Waals surface area contributed by atoms with Crippen LogP contribution >= 0.6 is 15.9 Å². The number of ether oxygens (including phenoxy) is 1. The molecule has 1 aliphatic heterocycles. The van der Waals surface area contributed by atoms with Crippen molar-refractivity contribution < 1.29 is 4.74 Å². The molecule has 82 valence electrons. The first-order valence-corrected chi connectivity index (χ1v) is 5.91. The largest absolute Gasteiger partial charge is 0.379 e. The fourth-order valence-electron chi connectivity index (χ4n) is 1.74. The average molecular weight is 271 g/mol. The first-order valence-electron chi connectivity index (χ1n) is 5.12. The Morgan fingerprint density at radius 3 is 2.93 bits per heavy atom. The monoisotopic (exact) mass is 270 g/mol. The Bertz CT molecular complexity index is 350. The molecule has 2 rings (SSSR count). The summed E-state index contributed by atoms with van der Waals surface area (Å²) in [7, 11) is 2.08. The second-order valence-corrected chi connectivity index (χ2v) is 4.72. The first-order chi connectivity index (χ1) is 7.18. The summed E-state index contributed by atoms with van der Waals surface area (Å²) in [6.45, 7) is 3.68. The van der Waals surface area contributed by atoms with Crippen molar-refractivity contribution in [1.82, 2.24) is 4.98 Å². The number of nitrogens with zero attached hydrogens (tertiary/aromatic N) is 2. The zero-order valence-electron chi connectivity index (χ0n) is 9.03. The zero-order valence-corrected chi connectivity index (χ0v) is 10.6. The van der Waals surface area contributed by atoms with Gasteiger partial charge in [-0.15, -0.1) is 0 Å². The molecular weight excluding hydrogens is 256 g/mol. The number of hydrogen-bond donors (Lipinski definition) is 0. The van der Waals surface area contributed by atoms with E-state index in [1.54, 1.807) is 0 Å². The molecule has 0 aromatic carbocycles. The normalized spacial score (nSPS) is 20.6. The van der Waals surface area contributed by atoms with Crippen LogP contribution in [0.1, 0.15) is 12.1 Å². The molecule has 0 saturated carbocycles. The summed E-state index contributed by atoms with van der Waals surface area (Å²) >= 11 is 3.46. The van der Waals surface area contributed by atoms with Crippen LogP contribution < -0.4 is 4.90 Å². The van der Waals surface area contributed by atoms with Crippen molar-refractivity contribution in [3.63, 3.8) is 0 Å². The van der Waals surface area contributed by atoms with E-state index in [1.165, 1.54) is 0 Å². The molecule has 0 aliphatic carbocycles. The van der Waals surface area contributed by atoms with Gasteiger partial charge in [-0.3, -0.25) is 0 Å². The maximum atomic E-state index is 5.37. The van der Waals surface area contributed by atoms with E-state index in [9.17, 15) is 0 Å². The van der Waals surface area contributed by atoms with E-state index in [2.05, 4.69) is 32.9 Å². The number of halogens is 1. The minimum atomic E-state index is 0.470. The number of pyridine rings is 1. The van der Waals surface area contributed by atoms with Crippen LogP contribution in [0.15, 0.2) is 16.6 Å². The Kier molecular flexibility index (Phi) is 3.26. The molecule has 1 atom stereocenters. The van der Waals surface area contributed by atoms with Gasteiger partial charge in [-0.2, -0.15) is 0 Å².